The Morgan fingerprint density at radius 2 is 0.841 bits per heavy atom. The molecule has 12 atom stereocenters. The van der Waals surface area contributed by atoms with Gasteiger partial charge in [-0.05, 0) is 89.9 Å². The SMILES string of the molecule is CC/C=C\C/C=C\C/C=C\C/C=C\C/C=C\C/C=C\C/C=C\C/C=C\C/C=C\CCCCCC(=O)NC(COC1OC(CO)C(OC2OC(CO)C(O)C(O)C2O)C(O)C1O)C(O)/C=C/CCCCCCCCCCCCCCCCC. The first kappa shape index (κ1) is 74.5. The van der Waals surface area contributed by atoms with Crippen LogP contribution in [0.5, 0.6) is 0 Å². The highest BCUT2D eigenvalue weighted by atomic mass is 16.7. The van der Waals surface area contributed by atoms with Gasteiger partial charge in [0.25, 0.3) is 0 Å². The highest BCUT2D eigenvalue weighted by molar-refractivity contribution is 5.76. The molecule has 0 saturated carbocycles. The number of amides is 1. The Bertz CT molecular complexity index is 1840. The van der Waals surface area contributed by atoms with Gasteiger partial charge in [-0.25, -0.2) is 0 Å². The number of carbonyl (C=O) groups excluding carboxylic acids is 1. The average molecular weight is 1150 g/mol. The maximum atomic E-state index is 13.3. The lowest BCUT2D eigenvalue weighted by molar-refractivity contribution is -0.359. The van der Waals surface area contributed by atoms with Crippen LogP contribution in [0.3, 0.4) is 0 Å². The third-order valence-electron chi connectivity index (χ3n) is 14.7. The molecule has 2 heterocycles. The minimum atomic E-state index is -1.80. The van der Waals surface area contributed by atoms with Crippen molar-refractivity contribution < 1.29 is 64.6 Å². The monoisotopic (exact) mass is 1150 g/mol. The fraction of sp³-hybridized carbons (Fsp3) is 0.691. The zero-order chi connectivity index (χ0) is 59.5. The molecule has 14 nitrogen and oxygen atoms in total. The van der Waals surface area contributed by atoms with Gasteiger partial charge in [-0.1, -0.05) is 232 Å². The Morgan fingerprint density at radius 3 is 1.29 bits per heavy atom. The molecule has 2 aliphatic heterocycles. The molecule has 82 heavy (non-hydrogen) atoms. The van der Waals surface area contributed by atoms with Crippen molar-refractivity contribution in [3.63, 3.8) is 0 Å². The molecule has 0 aromatic rings. The molecule has 2 fully saturated rings. The summed E-state index contributed by atoms with van der Waals surface area (Å²) in [6, 6.07) is -0.942. The van der Waals surface area contributed by atoms with Crippen LogP contribution in [0.4, 0.5) is 0 Å². The number of rotatable bonds is 49. The van der Waals surface area contributed by atoms with Crippen LogP contribution in [0.25, 0.3) is 0 Å². The molecule has 12 unspecified atom stereocenters. The normalized spacial score (nSPS) is 24.8. The van der Waals surface area contributed by atoms with E-state index < -0.39 is 86.8 Å². The van der Waals surface area contributed by atoms with Gasteiger partial charge < -0.3 is 65.1 Å². The third-order valence-corrected chi connectivity index (χ3v) is 14.7. The number of aliphatic hydroxyl groups excluding tert-OH is 8. The zero-order valence-electron chi connectivity index (χ0n) is 50.4. The third kappa shape index (κ3) is 36.3. The van der Waals surface area contributed by atoms with Crippen LogP contribution >= 0.6 is 0 Å². The van der Waals surface area contributed by atoms with Gasteiger partial charge >= 0.3 is 0 Å². The minimum absolute atomic E-state index is 0.233. The minimum Gasteiger partial charge on any atom is -0.394 e. The summed E-state index contributed by atoms with van der Waals surface area (Å²) in [6.45, 7) is 2.65. The highest BCUT2D eigenvalue weighted by Gasteiger charge is 2.51. The molecule has 0 aliphatic carbocycles. The zero-order valence-corrected chi connectivity index (χ0v) is 50.4. The Morgan fingerprint density at radius 1 is 0.451 bits per heavy atom. The quantitative estimate of drug-likeness (QED) is 0.0204. The summed E-state index contributed by atoms with van der Waals surface area (Å²) in [5, 5.41) is 87.2. The van der Waals surface area contributed by atoms with E-state index in [0.717, 1.165) is 96.3 Å². The number of carbonyl (C=O) groups is 1. The largest absolute Gasteiger partial charge is 0.394 e. The van der Waals surface area contributed by atoms with Crippen LogP contribution < -0.4 is 5.32 Å². The molecular weight excluding hydrogens is 1040 g/mol. The molecule has 9 N–H and O–H groups in total. The molecule has 0 aromatic carbocycles. The second-order valence-corrected chi connectivity index (χ2v) is 21.8. The second kappa shape index (κ2) is 51.8. The molecule has 0 spiro atoms. The number of hydrogen-bond acceptors (Lipinski definition) is 13. The maximum absolute atomic E-state index is 13.3. The smallest absolute Gasteiger partial charge is 0.220 e. The summed E-state index contributed by atoms with van der Waals surface area (Å²) in [7, 11) is 0. The van der Waals surface area contributed by atoms with E-state index in [9.17, 15) is 45.6 Å². The van der Waals surface area contributed by atoms with Crippen molar-refractivity contribution in [2.45, 2.75) is 280 Å². The predicted molar refractivity (Wildman–Crippen MR) is 332 cm³/mol. The van der Waals surface area contributed by atoms with Crippen molar-refractivity contribution in [2.24, 2.45) is 0 Å². The number of hydrogen-bond donors (Lipinski definition) is 9. The van der Waals surface area contributed by atoms with Gasteiger partial charge in [0.1, 0.15) is 48.8 Å². The van der Waals surface area contributed by atoms with E-state index in [1.165, 1.54) is 83.5 Å². The van der Waals surface area contributed by atoms with Crippen LogP contribution in [0.2, 0.25) is 0 Å². The lowest BCUT2D eigenvalue weighted by Crippen LogP contribution is -2.65. The number of allylic oxidation sites excluding steroid dienone is 19. The van der Waals surface area contributed by atoms with Crippen molar-refractivity contribution in [1.82, 2.24) is 5.32 Å². The topological polar surface area (TPSA) is 228 Å². The second-order valence-electron chi connectivity index (χ2n) is 21.8. The fourth-order valence-electron chi connectivity index (χ4n) is 9.58. The van der Waals surface area contributed by atoms with Gasteiger partial charge in [0.2, 0.25) is 5.91 Å². The first-order valence-electron chi connectivity index (χ1n) is 31.8. The number of nitrogens with one attached hydrogen (secondary N) is 1. The van der Waals surface area contributed by atoms with E-state index in [4.69, 9.17) is 18.9 Å². The highest BCUT2D eigenvalue weighted by Crippen LogP contribution is 2.30. The van der Waals surface area contributed by atoms with Gasteiger partial charge in [0, 0.05) is 6.42 Å². The van der Waals surface area contributed by atoms with E-state index in [0.29, 0.717) is 6.42 Å². The lowest BCUT2D eigenvalue weighted by Gasteiger charge is -2.46. The predicted octanol–water partition coefficient (Wildman–Crippen LogP) is 11.8. The van der Waals surface area contributed by atoms with Gasteiger partial charge in [0.15, 0.2) is 12.6 Å². The van der Waals surface area contributed by atoms with Crippen LogP contribution in [-0.4, -0.2) is 140 Å². The molecule has 2 aliphatic rings. The summed E-state index contributed by atoms with van der Waals surface area (Å²) in [5.41, 5.74) is 0. The Hall–Kier alpha value is -3.61. The number of unbranched alkanes of at least 4 members (excludes halogenated alkanes) is 18. The molecule has 2 saturated heterocycles. The van der Waals surface area contributed by atoms with Crippen molar-refractivity contribution in [3.8, 4) is 0 Å². The van der Waals surface area contributed by atoms with Crippen molar-refractivity contribution in [3.05, 3.63) is 122 Å². The fourth-order valence-corrected chi connectivity index (χ4v) is 9.58. The van der Waals surface area contributed by atoms with E-state index in [-0.39, 0.29) is 18.9 Å². The molecule has 0 aromatic heterocycles. The number of aliphatic hydroxyl groups is 8. The Balaban J connectivity index is 1.75. The standard InChI is InChI=1S/C68H113NO13/c1-3-5-7-9-11-13-15-17-19-21-22-23-24-25-26-27-28-29-30-31-32-33-34-36-38-40-42-44-46-48-50-52-60(73)69-56(57(72)51-49-47-45-43-41-39-37-35-20-18-16-14-12-10-8-6-4-2)55-79-67-65(78)63(76)66(59(54-71)81-67)82-68-64(77)62(75)61(74)58(53-70)80-68/h5,7,11,13,17,19,22-23,25-26,28-29,31-32,34,36,40,42,49,51,56-59,61-68,70-72,74-78H,3-4,6,8-10,12,14-16,18,20-21,24,27,30,33,35,37-39,41,43-48,50,52-55H2,1-2H3,(H,69,73)/b7-5-,13-11-,19-17-,23-22-,26-25-,29-28-,32-31-,36-34-,42-40-,51-49+. The first-order valence-corrected chi connectivity index (χ1v) is 31.8. The molecule has 468 valence electrons. The molecular formula is C68H113NO13. The molecule has 2 rings (SSSR count). The summed E-state index contributed by atoms with van der Waals surface area (Å²) in [5.74, 6) is -0.276. The van der Waals surface area contributed by atoms with Crippen molar-refractivity contribution in [1.29, 1.82) is 0 Å². The molecule has 14 heteroatoms. The molecule has 0 bridgehead atoms. The van der Waals surface area contributed by atoms with Gasteiger partial charge in [-0.3, -0.25) is 4.79 Å². The average Bonchev–Trinajstić information content (AvgIpc) is 3.52. The molecule has 0 radical (unpaired) electrons. The van der Waals surface area contributed by atoms with E-state index >= 15 is 0 Å². The summed E-state index contributed by atoms with van der Waals surface area (Å²) in [4.78, 5) is 13.3. The van der Waals surface area contributed by atoms with Crippen molar-refractivity contribution >= 4 is 5.91 Å². The van der Waals surface area contributed by atoms with Crippen LogP contribution in [0.1, 0.15) is 206 Å². The maximum Gasteiger partial charge on any atom is 0.220 e. The van der Waals surface area contributed by atoms with E-state index in [1.54, 1.807) is 6.08 Å². The molecule has 1 amide bonds. The van der Waals surface area contributed by atoms with Crippen LogP contribution in [-0.2, 0) is 23.7 Å². The van der Waals surface area contributed by atoms with Crippen molar-refractivity contribution in [2.75, 3.05) is 19.8 Å². The van der Waals surface area contributed by atoms with Gasteiger partial charge in [-0.15, -0.1) is 0 Å². The Labute approximate surface area is 495 Å². The van der Waals surface area contributed by atoms with E-state index in [2.05, 4.69) is 129 Å². The summed E-state index contributed by atoms with van der Waals surface area (Å²) in [6.07, 6.45) is 58.0. The summed E-state index contributed by atoms with van der Waals surface area (Å²) >= 11 is 0. The Kier molecular flexibility index (Phi) is 47.0. The summed E-state index contributed by atoms with van der Waals surface area (Å²) < 4.78 is 22.8. The van der Waals surface area contributed by atoms with Gasteiger partial charge in [0.05, 0.1) is 32.0 Å². The van der Waals surface area contributed by atoms with Gasteiger partial charge in [-0.2, -0.15) is 0 Å². The van der Waals surface area contributed by atoms with E-state index in [1.807, 2.05) is 6.08 Å². The van der Waals surface area contributed by atoms with Crippen LogP contribution in [0, 0.1) is 0 Å². The lowest BCUT2D eigenvalue weighted by atomic mass is 9.97. The van der Waals surface area contributed by atoms with Crippen LogP contribution in [0.15, 0.2) is 122 Å². The number of ether oxygens (including phenoxy) is 4. The first-order chi connectivity index (χ1) is 40.1.